The van der Waals surface area contributed by atoms with E-state index in [1.165, 1.54) is 20.7 Å². The van der Waals surface area contributed by atoms with E-state index < -0.39 is 0 Å². The van der Waals surface area contributed by atoms with Gasteiger partial charge in [0.15, 0.2) is 0 Å². The molecule has 0 radical (unpaired) electrons. The van der Waals surface area contributed by atoms with E-state index in [2.05, 4.69) is 39.4 Å². The lowest BCUT2D eigenvalue weighted by Gasteiger charge is -2.36. The van der Waals surface area contributed by atoms with Crippen LogP contribution >= 0.6 is 11.3 Å². The van der Waals surface area contributed by atoms with Gasteiger partial charge in [-0.15, -0.1) is 11.3 Å². The van der Waals surface area contributed by atoms with Crippen LogP contribution in [0.1, 0.15) is 38.2 Å². The molecule has 0 atom stereocenters. The monoisotopic (exact) mass is 491 g/mol. The molecule has 2 aliphatic heterocycles. The second-order valence-electron chi connectivity index (χ2n) is 9.26. The number of hydrogen-bond acceptors (Lipinski definition) is 6. The Kier molecular flexibility index (Phi) is 7.35. The number of thiophene rings is 1. The normalized spacial score (nSPS) is 16.5. The predicted molar refractivity (Wildman–Crippen MR) is 143 cm³/mol. The summed E-state index contributed by atoms with van der Waals surface area (Å²) in [7, 11) is 0. The van der Waals surface area contributed by atoms with Crippen LogP contribution in [0.4, 0.5) is 11.4 Å². The first-order chi connectivity index (χ1) is 17.1. The lowest BCUT2D eigenvalue weighted by atomic mass is 10.0. The maximum Gasteiger partial charge on any atom is 0.234 e. The number of carbonyl (C=O) groups is 2. The minimum Gasteiger partial charge on any atom is -0.494 e. The predicted octanol–water partition coefficient (Wildman–Crippen LogP) is 5.10. The van der Waals surface area contributed by atoms with Gasteiger partial charge in [-0.05, 0) is 61.0 Å². The number of aryl methyl sites for hydroxylation is 1. The van der Waals surface area contributed by atoms with Crippen LogP contribution < -0.4 is 14.5 Å². The minimum atomic E-state index is -0.153. The Morgan fingerprint density at radius 3 is 2.69 bits per heavy atom. The van der Waals surface area contributed by atoms with Crippen molar-refractivity contribution >= 4 is 44.6 Å². The van der Waals surface area contributed by atoms with E-state index in [1.54, 1.807) is 6.92 Å². The molecule has 1 fully saturated rings. The molecular weight excluding hydrogens is 458 g/mol. The van der Waals surface area contributed by atoms with Crippen LogP contribution in [0.3, 0.4) is 0 Å². The summed E-state index contributed by atoms with van der Waals surface area (Å²) in [5, 5.41) is 3.55. The summed E-state index contributed by atoms with van der Waals surface area (Å²) in [5.41, 5.74) is 3.09. The van der Waals surface area contributed by atoms with Crippen LogP contribution in [-0.2, 0) is 16.0 Å². The molecular formula is C28H33N3O3S. The van der Waals surface area contributed by atoms with Crippen molar-refractivity contribution in [1.29, 1.82) is 0 Å². The summed E-state index contributed by atoms with van der Waals surface area (Å²) in [6.07, 6.45) is 3.44. The van der Waals surface area contributed by atoms with Crippen LogP contribution in [0.15, 0.2) is 47.8 Å². The van der Waals surface area contributed by atoms with Gasteiger partial charge in [-0.3, -0.25) is 19.4 Å². The zero-order chi connectivity index (χ0) is 24.2. The molecule has 0 bridgehead atoms. The molecule has 1 saturated heterocycles. The molecule has 0 N–H and O–H groups in total. The molecule has 184 valence electrons. The van der Waals surface area contributed by atoms with Crippen molar-refractivity contribution in [2.45, 2.75) is 39.0 Å². The quantitative estimate of drug-likeness (QED) is 0.411. The van der Waals surface area contributed by atoms with Crippen molar-refractivity contribution in [2.24, 2.45) is 0 Å². The van der Waals surface area contributed by atoms with Gasteiger partial charge in [-0.25, -0.2) is 0 Å². The maximum absolute atomic E-state index is 12.3. The van der Waals surface area contributed by atoms with Gasteiger partial charge in [0.05, 0.1) is 12.3 Å². The minimum absolute atomic E-state index is 0.117. The molecule has 3 heterocycles. The van der Waals surface area contributed by atoms with Crippen molar-refractivity contribution in [2.75, 3.05) is 49.1 Å². The molecule has 3 aromatic rings. The topological polar surface area (TPSA) is 53.1 Å². The number of benzene rings is 2. The molecule has 0 unspecified atom stereocenters. The molecule has 0 spiro atoms. The van der Waals surface area contributed by atoms with Crippen molar-refractivity contribution in [1.82, 2.24) is 4.90 Å². The highest BCUT2D eigenvalue weighted by atomic mass is 32.1. The highest BCUT2D eigenvalue weighted by molar-refractivity contribution is 7.17. The highest BCUT2D eigenvalue weighted by Gasteiger charge is 2.29. The number of piperazine rings is 1. The van der Waals surface area contributed by atoms with Crippen LogP contribution in [0.5, 0.6) is 5.75 Å². The summed E-state index contributed by atoms with van der Waals surface area (Å²) < 4.78 is 7.35. The van der Waals surface area contributed by atoms with Gasteiger partial charge in [0.25, 0.3) is 0 Å². The van der Waals surface area contributed by atoms with Gasteiger partial charge in [0.1, 0.15) is 5.75 Å². The van der Waals surface area contributed by atoms with E-state index in [0.29, 0.717) is 31.6 Å². The highest BCUT2D eigenvalue weighted by Crippen LogP contribution is 2.33. The smallest absolute Gasteiger partial charge is 0.234 e. The number of imide groups is 1. The lowest BCUT2D eigenvalue weighted by Crippen LogP contribution is -2.46. The second kappa shape index (κ2) is 10.8. The second-order valence-corrected chi connectivity index (χ2v) is 10.2. The Hall–Kier alpha value is -2.90. The average molecular weight is 492 g/mol. The zero-order valence-electron chi connectivity index (χ0n) is 20.4. The van der Waals surface area contributed by atoms with E-state index in [4.69, 9.17) is 4.74 Å². The van der Waals surface area contributed by atoms with Gasteiger partial charge in [-0.2, -0.15) is 0 Å². The molecule has 1 aromatic heterocycles. The first-order valence-corrected chi connectivity index (χ1v) is 13.6. The van der Waals surface area contributed by atoms with Gasteiger partial charge < -0.3 is 9.64 Å². The third-order valence-corrected chi connectivity index (χ3v) is 7.91. The third kappa shape index (κ3) is 5.21. The molecule has 6 nitrogen and oxygen atoms in total. The van der Waals surface area contributed by atoms with Crippen molar-refractivity contribution in [3.8, 4) is 5.75 Å². The fourth-order valence-electron chi connectivity index (χ4n) is 5.07. The van der Waals surface area contributed by atoms with E-state index in [9.17, 15) is 9.59 Å². The van der Waals surface area contributed by atoms with E-state index in [-0.39, 0.29) is 11.8 Å². The molecule has 2 amide bonds. The number of nitrogens with zero attached hydrogens (tertiary/aromatic N) is 3. The standard InChI is InChI=1S/C28H33N3O3S/c1-2-27(32)31-25-20-22(10-8-21(25)9-11-28(31)33)34-18-4-3-13-29-14-16-30(17-15-29)24-6-5-7-26-23(24)12-19-35-26/h5-8,10,12,19-20H,2-4,9,11,13-18H2,1H3. The first-order valence-electron chi connectivity index (χ1n) is 12.7. The average Bonchev–Trinajstić information content (AvgIpc) is 3.37. The molecule has 7 heteroatoms. The summed E-state index contributed by atoms with van der Waals surface area (Å²) in [4.78, 5) is 31.0. The summed E-state index contributed by atoms with van der Waals surface area (Å²) in [6.45, 7) is 7.79. The zero-order valence-corrected chi connectivity index (χ0v) is 21.2. The van der Waals surface area contributed by atoms with E-state index in [0.717, 1.165) is 56.9 Å². The number of hydrogen-bond donors (Lipinski definition) is 0. The Bertz CT molecular complexity index is 1200. The van der Waals surface area contributed by atoms with Crippen LogP contribution in [-0.4, -0.2) is 56.0 Å². The number of fused-ring (bicyclic) bond motifs is 2. The number of anilines is 2. The summed E-state index contributed by atoms with van der Waals surface area (Å²) in [5.74, 6) is 0.456. The number of unbranched alkanes of at least 4 members (excludes halogenated alkanes) is 1. The number of rotatable bonds is 8. The number of amides is 2. The lowest BCUT2D eigenvalue weighted by molar-refractivity contribution is -0.126. The molecule has 0 aliphatic carbocycles. The number of carbonyl (C=O) groups excluding carboxylic acids is 2. The SMILES string of the molecule is CCC(=O)N1C(=O)CCc2ccc(OCCCCN3CCN(c4cccc5sccc45)CC3)cc21. The van der Waals surface area contributed by atoms with Crippen molar-refractivity contribution < 1.29 is 14.3 Å². The molecule has 35 heavy (non-hydrogen) atoms. The van der Waals surface area contributed by atoms with Crippen LogP contribution in [0.2, 0.25) is 0 Å². The van der Waals surface area contributed by atoms with Crippen molar-refractivity contribution in [3.63, 3.8) is 0 Å². The van der Waals surface area contributed by atoms with Gasteiger partial charge >= 0.3 is 0 Å². The fraction of sp³-hybridized carbons (Fsp3) is 0.429. The van der Waals surface area contributed by atoms with E-state index >= 15 is 0 Å². The third-order valence-electron chi connectivity index (χ3n) is 7.03. The fourth-order valence-corrected chi connectivity index (χ4v) is 5.87. The summed E-state index contributed by atoms with van der Waals surface area (Å²) >= 11 is 1.81. The van der Waals surface area contributed by atoms with Gasteiger partial charge in [0.2, 0.25) is 11.8 Å². The van der Waals surface area contributed by atoms with Crippen molar-refractivity contribution in [3.05, 3.63) is 53.4 Å². The Labute approximate surface area is 211 Å². The molecule has 0 saturated carbocycles. The number of ether oxygens (including phenoxy) is 1. The Morgan fingerprint density at radius 2 is 1.86 bits per heavy atom. The summed E-state index contributed by atoms with van der Waals surface area (Å²) in [6, 6.07) is 14.6. The van der Waals surface area contributed by atoms with Crippen LogP contribution in [0, 0.1) is 0 Å². The molecule has 5 rings (SSSR count). The van der Waals surface area contributed by atoms with Gasteiger partial charge in [-0.1, -0.05) is 19.1 Å². The van der Waals surface area contributed by atoms with E-state index in [1.807, 2.05) is 29.5 Å². The molecule has 2 aliphatic rings. The van der Waals surface area contributed by atoms with Gasteiger partial charge in [0, 0.05) is 60.9 Å². The van der Waals surface area contributed by atoms with Crippen LogP contribution in [0.25, 0.3) is 10.1 Å². The Morgan fingerprint density at radius 1 is 1.00 bits per heavy atom. The Balaban J connectivity index is 1.07. The molecule has 2 aromatic carbocycles. The maximum atomic E-state index is 12.3. The largest absolute Gasteiger partial charge is 0.494 e. The first kappa shape index (κ1) is 23.8.